The van der Waals surface area contributed by atoms with Crippen molar-refractivity contribution in [2.24, 2.45) is 5.92 Å². The molecule has 4 heteroatoms. The van der Waals surface area contributed by atoms with Crippen LogP contribution in [0.15, 0.2) is 47.7 Å². The average molecular weight is 326 g/mol. The van der Waals surface area contributed by atoms with Crippen LogP contribution in [0.1, 0.15) is 37.3 Å². The van der Waals surface area contributed by atoms with E-state index < -0.39 is 17.5 Å². The van der Waals surface area contributed by atoms with Crippen molar-refractivity contribution in [3.8, 4) is 0 Å². The average Bonchev–Trinajstić information content (AvgIpc) is 2.77. The standard InChI is InChI=1S/C20H22O4/c1-19(2)13-7-5-4-6-12(13)17-15(19)10-20(23)14(18(17)22)8-11(24-3)9-16(20)21/h4-9,15,17-18,22-23H,10H2,1-3H3. The van der Waals surface area contributed by atoms with Crippen LogP contribution >= 0.6 is 0 Å². The molecule has 2 N–H and O–H groups in total. The van der Waals surface area contributed by atoms with Crippen molar-refractivity contribution in [2.75, 3.05) is 7.11 Å². The topological polar surface area (TPSA) is 66.8 Å². The molecule has 0 saturated heterocycles. The SMILES string of the molecule is COC1=CC(=O)C2(O)CC3C(c4ccccc4C3(C)C)C(O)C2=C1. The van der Waals surface area contributed by atoms with Gasteiger partial charge in [0.15, 0.2) is 11.4 Å². The molecule has 0 aromatic heterocycles. The number of carbonyl (C=O) groups is 1. The maximum atomic E-state index is 12.6. The second-order valence-electron chi connectivity index (χ2n) is 7.67. The van der Waals surface area contributed by atoms with Gasteiger partial charge in [0.1, 0.15) is 5.76 Å². The largest absolute Gasteiger partial charge is 0.497 e. The van der Waals surface area contributed by atoms with Gasteiger partial charge in [-0.25, -0.2) is 0 Å². The molecule has 1 saturated carbocycles. The quantitative estimate of drug-likeness (QED) is 0.830. The van der Waals surface area contributed by atoms with Crippen molar-refractivity contribution in [2.45, 2.75) is 43.3 Å². The van der Waals surface area contributed by atoms with Gasteiger partial charge in [0.2, 0.25) is 0 Å². The number of hydrogen-bond donors (Lipinski definition) is 2. The number of aliphatic hydroxyl groups is 2. The zero-order valence-corrected chi connectivity index (χ0v) is 14.1. The lowest BCUT2D eigenvalue weighted by Gasteiger charge is -2.47. The van der Waals surface area contributed by atoms with Gasteiger partial charge in [-0.15, -0.1) is 0 Å². The molecule has 4 rings (SSSR count). The van der Waals surface area contributed by atoms with E-state index >= 15 is 0 Å². The van der Waals surface area contributed by atoms with Crippen molar-refractivity contribution < 1.29 is 19.7 Å². The van der Waals surface area contributed by atoms with Crippen LogP contribution in [0.4, 0.5) is 0 Å². The lowest BCUT2D eigenvalue weighted by atomic mass is 9.60. The number of hydrogen-bond acceptors (Lipinski definition) is 4. The summed E-state index contributed by atoms with van der Waals surface area (Å²) < 4.78 is 5.17. The number of carbonyl (C=O) groups excluding carboxylic acids is 1. The van der Waals surface area contributed by atoms with E-state index in [1.165, 1.54) is 18.7 Å². The molecular formula is C20H22O4. The Balaban J connectivity index is 1.89. The molecule has 0 bridgehead atoms. The molecule has 0 spiro atoms. The molecule has 0 radical (unpaired) electrons. The zero-order chi connectivity index (χ0) is 17.3. The van der Waals surface area contributed by atoms with Crippen LogP contribution in [0, 0.1) is 5.92 Å². The first-order valence-electron chi connectivity index (χ1n) is 8.32. The summed E-state index contributed by atoms with van der Waals surface area (Å²) in [6, 6.07) is 8.11. The summed E-state index contributed by atoms with van der Waals surface area (Å²) in [5.41, 5.74) is 0.815. The van der Waals surface area contributed by atoms with E-state index in [0.717, 1.165) is 5.56 Å². The van der Waals surface area contributed by atoms with E-state index in [9.17, 15) is 15.0 Å². The Bertz CT molecular complexity index is 789. The second kappa shape index (κ2) is 4.80. The number of methoxy groups -OCH3 is 1. The summed E-state index contributed by atoms with van der Waals surface area (Å²) in [5.74, 6) is -0.149. The van der Waals surface area contributed by atoms with Gasteiger partial charge in [-0.3, -0.25) is 4.79 Å². The van der Waals surface area contributed by atoms with Gasteiger partial charge in [-0.05, 0) is 35.0 Å². The van der Waals surface area contributed by atoms with Gasteiger partial charge < -0.3 is 14.9 Å². The van der Waals surface area contributed by atoms with Gasteiger partial charge in [0, 0.05) is 17.6 Å². The van der Waals surface area contributed by atoms with Crippen molar-refractivity contribution in [1.29, 1.82) is 0 Å². The summed E-state index contributed by atoms with van der Waals surface area (Å²) in [4.78, 5) is 12.6. The third-order valence-electron chi connectivity index (χ3n) is 6.24. The van der Waals surface area contributed by atoms with E-state index in [1.54, 1.807) is 6.08 Å². The number of rotatable bonds is 1. The summed E-state index contributed by atoms with van der Waals surface area (Å²) in [5, 5.41) is 22.2. The maximum absolute atomic E-state index is 12.6. The first-order valence-corrected chi connectivity index (χ1v) is 8.32. The van der Waals surface area contributed by atoms with E-state index in [-0.39, 0.29) is 17.3 Å². The molecule has 3 aliphatic rings. The molecule has 0 aliphatic heterocycles. The van der Waals surface area contributed by atoms with Gasteiger partial charge in [-0.2, -0.15) is 0 Å². The van der Waals surface area contributed by atoms with Gasteiger partial charge in [-0.1, -0.05) is 38.1 Å². The molecule has 0 amide bonds. The molecule has 1 aromatic carbocycles. The summed E-state index contributed by atoms with van der Waals surface area (Å²) in [7, 11) is 1.48. The smallest absolute Gasteiger partial charge is 0.195 e. The first-order chi connectivity index (χ1) is 11.3. The lowest BCUT2D eigenvalue weighted by molar-refractivity contribution is -0.136. The summed E-state index contributed by atoms with van der Waals surface area (Å²) in [6.45, 7) is 4.26. The molecule has 1 aromatic rings. The molecule has 4 nitrogen and oxygen atoms in total. The van der Waals surface area contributed by atoms with E-state index in [2.05, 4.69) is 19.9 Å². The number of ether oxygens (including phenoxy) is 1. The maximum Gasteiger partial charge on any atom is 0.195 e. The third-order valence-corrected chi connectivity index (χ3v) is 6.24. The highest BCUT2D eigenvalue weighted by molar-refractivity contribution is 6.02. The Kier molecular flexibility index (Phi) is 3.12. The number of fused-ring (bicyclic) bond motifs is 4. The Labute approximate surface area is 141 Å². The number of ketones is 1. The summed E-state index contributed by atoms with van der Waals surface area (Å²) in [6.07, 6.45) is 2.36. The van der Waals surface area contributed by atoms with Crippen molar-refractivity contribution in [3.05, 3.63) is 58.9 Å². The molecule has 24 heavy (non-hydrogen) atoms. The molecule has 3 aliphatic carbocycles. The number of benzene rings is 1. The van der Waals surface area contributed by atoms with E-state index in [0.29, 0.717) is 17.8 Å². The van der Waals surface area contributed by atoms with Crippen LogP contribution in [-0.4, -0.2) is 34.8 Å². The minimum Gasteiger partial charge on any atom is -0.497 e. The Morgan fingerprint density at radius 1 is 1.21 bits per heavy atom. The minimum atomic E-state index is -1.64. The highest BCUT2D eigenvalue weighted by atomic mass is 16.5. The number of allylic oxidation sites excluding steroid dienone is 1. The highest BCUT2D eigenvalue weighted by Crippen LogP contribution is 2.59. The van der Waals surface area contributed by atoms with Crippen LogP contribution < -0.4 is 0 Å². The Morgan fingerprint density at radius 2 is 1.92 bits per heavy atom. The molecular weight excluding hydrogens is 304 g/mol. The highest BCUT2D eigenvalue weighted by Gasteiger charge is 2.60. The molecule has 0 heterocycles. The van der Waals surface area contributed by atoms with Crippen LogP contribution in [0.3, 0.4) is 0 Å². The second-order valence-corrected chi connectivity index (χ2v) is 7.67. The molecule has 4 unspecified atom stereocenters. The molecule has 126 valence electrons. The predicted molar refractivity (Wildman–Crippen MR) is 89.5 cm³/mol. The van der Waals surface area contributed by atoms with E-state index in [1.807, 2.05) is 18.2 Å². The Hall–Kier alpha value is -1.91. The fourth-order valence-electron chi connectivity index (χ4n) is 4.90. The molecule has 1 fully saturated rings. The normalized spacial score (nSPS) is 36.2. The van der Waals surface area contributed by atoms with Crippen LogP contribution in [0.25, 0.3) is 0 Å². The van der Waals surface area contributed by atoms with Crippen molar-refractivity contribution in [1.82, 2.24) is 0 Å². The van der Waals surface area contributed by atoms with Crippen LogP contribution in [-0.2, 0) is 14.9 Å². The van der Waals surface area contributed by atoms with Gasteiger partial charge in [0.05, 0.1) is 13.2 Å². The van der Waals surface area contributed by atoms with Gasteiger partial charge in [0.25, 0.3) is 0 Å². The van der Waals surface area contributed by atoms with E-state index in [4.69, 9.17) is 4.74 Å². The third kappa shape index (κ3) is 1.78. The predicted octanol–water partition coefficient (Wildman–Crippen LogP) is 2.21. The van der Waals surface area contributed by atoms with Crippen molar-refractivity contribution >= 4 is 5.78 Å². The first kappa shape index (κ1) is 15.6. The number of aliphatic hydroxyl groups excluding tert-OH is 1. The minimum absolute atomic E-state index is 0.00602. The fourth-order valence-corrected chi connectivity index (χ4v) is 4.90. The summed E-state index contributed by atoms with van der Waals surface area (Å²) >= 11 is 0. The van der Waals surface area contributed by atoms with Crippen LogP contribution in [0.5, 0.6) is 0 Å². The Morgan fingerprint density at radius 3 is 2.62 bits per heavy atom. The zero-order valence-electron chi connectivity index (χ0n) is 14.1. The monoisotopic (exact) mass is 326 g/mol. The van der Waals surface area contributed by atoms with Gasteiger partial charge >= 0.3 is 0 Å². The van der Waals surface area contributed by atoms with Crippen LogP contribution in [0.2, 0.25) is 0 Å². The van der Waals surface area contributed by atoms with Crippen molar-refractivity contribution in [3.63, 3.8) is 0 Å². The fraction of sp³-hybridized carbons (Fsp3) is 0.450. The molecule has 4 atom stereocenters. The lowest BCUT2D eigenvalue weighted by Crippen LogP contribution is -2.54.